The third kappa shape index (κ3) is 4.05. The van der Waals surface area contributed by atoms with Gasteiger partial charge in [0, 0.05) is 17.9 Å². The number of alkyl carbamates (subject to hydrolysis) is 1. The number of ether oxygens (including phenoxy) is 1. The van der Waals surface area contributed by atoms with Crippen molar-refractivity contribution < 1.29 is 28.6 Å². The molecule has 180 valence electrons. The Morgan fingerprint density at radius 3 is 2.26 bits per heavy atom. The van der Waals surface area contributed by atoms with Crippen molar-refractivity contribution in [2.45, 2.75) is 32.4 Å². The number of fused-ring (bicyclic) bond motifs is 3. The van der Waals surface area contributed by atoms with Crippen molar-refractivity contribution in [2.24, 2.45) is 5.41 Å². The Labute approximate surface area is 202 Å². The number of hydrogen-bond acceptors (Lipinski definition) is 5. The standard InChI is InChI=1S/C27H26N2O6/c1-27(2)15-29(23(27)25(31)32)24(30)22-12-11-16(35-22)13-28-26(33)34-14-21-19-9-5-3-7-17(19)18-8-4-6-10-20(18)21/h3-12,21,23H,13-15H2,1-2H3,(H,28,33)(H,31,32). The molecule has 1 fully saturated rings. The van der Waals surface area contributed by atoms with Gasteiger partial charge < -0.3 is 24.5 Å². The molecular weight excluding hydrogens is 448 g/mol. The molecule has 3 aromatic rings. The Kier molecular flexibility index (Phi) is 5.59. The highest BCUT2D eigenvalue weighted by atomic mass is 16.5. The molecule has 5 rings (SSSR count). The van der Waals surface area contributed by atoms with Crippen LogP contribution in [0.15, 0.2) is 65.1 Å². The molecule has 1 unspecified atom stereocenters. The molecule has 1 saturated heterocycles. The van der Waals surface area contributed by atoms with Crippen LogP contribution in [0.4, 0.5) is 4.79 Å². The Hall–Kier alpha value is -4.07. The van der Waals surface area contributed by atoms with E-state index in [4.69, 9.17) is 9.15 Å². The van der Waals surface area contributed by atoms with Crippen LogP contribution in [-0.2, 0) is 16.1 Å². The molecule has 1 atom stereocenters. The first-order valence-electron chi connectivity index (χ1n) is 11.5. The number of benzene rings is 2. The van der Waals surface area contributed by atoms with Gasteiger partial charge in [0.15, 0.2) is 5.76 Å². The van der Waals surface area contributed by atoms with Crippen molar-refractivity contribution in [2.75, 3.05) is 13.2 Å². The van der Waals surface area contributed by atoms with Crippen LogP contribution in [0.5, 0.6) is 0 Å². The number of nitrogens with one attached hydrogen (secondary N) is 1. The van der Waals surface area contributed by atoms with Gasteiger partial charge in [0.2, 0.25) is 0 Å². The van der Waals surface area contributed by atoms with Gasteiger partial charge in [-0.25, -0.2) is 9.59 Å². The largest absolute Gasteiger partial charge is 0.480 e. The molecule has 0 saturated carbocycles. The van der Waals surface area contributed by atoms with Gasteiger partial charge in [-0.3, -0.25) is 4.79 Å². The number of rotatable bonds is 6. The van der Waals surface area contributed by atoms with E-state index in [2.05, 4.69) is 29.6 Å². The molecule has 2 aliphatic rings. The van der Waals surface area contributed by atoms with Gasteiger partial charge >= 0.3 is 12.1 Å². The van der Waals surface area contributed by atoms with E-state index < -0.39 is 29.4 Å². The molecule has 0 bridgehead atoms. The van der Waals surface area contributed by atoms with Crippen molar-refractivity contribution in [3.05, 3.63) is 83.3 Å². The number of furan rings is 1. The number of carboxylic acid groups (broad SMARTS) is 1. The van der Waals surface area contributed by atoms with Crippen LogP contribution in [0, 0.1) is 5.41 Å². The van der Waals surface area contributed by atoms with Crippen molar-refractivity contribution in [1.82, 2.24) is 10.2 Å². The molecule has 2 aromatic carbocycles. The third-order valence-electron chi connectivity index (χ3n) is 6.75. The highest BCUT2D eigenvalue weighted by Crippen LogP contribution is 2.44. The molecular formula is C27H26N2O6. The van der Waals surface area contributed by atoms with Crippen molar-refractivity contribution in [3.8, 4) is 11.1 Å². The lowest BCUT2D eigenvalue weighted by Crippen LogP contribution is -2.67. The van der Waals surface area contributed by atoms with Gasteiger partial charge in [0.1, 0.15) is 18.4 Å². The molecule has 2 N–H and O–H groups in total. The van der Waals surface area contributed by atoms with E-state index >= 15 is 0 Å². The zero-order chi connectivity index (χ0) is 24.7. The maximum absolute atomic E-state index is 12.7. The van der Waals surface area contributed by atoms with Gasteiger partial charge in [-0.05, 0) is 34.4 Å². The predicted octanol–water partition coefficient (Wildman–Crippen LogP) is 4.25. The lowest BCUT2D eigenvalue weighted by atomic mass is 9.75. The van der Waals surface area contributed by atoms with Gasteiger partial charge in [-0.2, -0.15) is 0 Å². The summed E-state index contributed by atoms with van der Waals surface area (Å²) >= 11 is 0. The first-order valence-corrected chi connectivity index (χ1v) is 11.5. The smallest absolute Gasteiger partial charge is 0.407 e. The number of carbonyl (C=O) groups excluding carboxylic acids is 2. The second-order valence-corrected chi connectivity index (χ2v) is 9.61. The van der Waals surface area contributed by atoms with E-state index in [0.717, 1.165) is 22.3 Å². The highest BCUT2D eigenvalue weighted by molar-refractivity contribution is 5.96. The quantitative estimate of drug-likeness (QED) is 0.553. The van der Waals surface area contributed by atoms with Gasteiger partial charge in [-0.15, -0.1) is 0 Å². The van der Waals surface area contributed by atoms with Crippen molar-refractivity contribution >= 4 is 18.0 Å². The summed E-state index contributed by atoms with van der Waals surface area (Å²) in [6, 6.07) is 18.4. The minimum atomic E-state index is -1.04. The van der Waals surface area contributed by atoms with E-state index in [0.29, 0.717) is 12.3 Å². The lowest BCUT2D eigenvalue weighted by Gasteiger charge is -2.51. The van der Waals surface area contributed by atoms with E-state index in [1.807, 2.05) is 24.3 Å². The zero-order valence-electron chi connectivity index (χ0n) is 19.5. The number of amides is 2. The van der Waals surface area contributed by atoms with E-state index in [9.17, 15) is 19.5 Å². The summed E-state index contributed by atoms with van der Waals surface area (Å²) in [5.74, 6) is -1.16. The molecule has 35 heavy (non-hydrogen) atoms. The fraction of sp³-hybridized carbons (Fsp3) is 0.296. The third-order valence-corrected chi connectivity index (χ3v) is 6.75. The molecule has 1 aliphatic heterocycles. The van der Waals surface area contributed by atoms with E-state index in [1.165, 1.54) is 11.0 Å². The normalized spacial score (nSPS) is 17.8. The topological polar surface area (TPSA) is 109 Å². The molecule has 8 heteroatoms. The second kappa shape index (κ2) is 8.61. The lowest BCUT2D eigenvalue weighted by molar-refractivity contribution is -0.156. The SMILES string of the molecule is CC1(C)CN(C(=O)c2ccc(CNC(=O)OCC3c4ccccc4-c4ccccc43)o2)C1C(=O)O. The average Bonchev–Trinajstić information content (AvgIpc) is 3.42. The Morgan fingerprint density at radius 2 is 1.66 bits per heavy atom. The summed E-state index contributed by atoms with van der Waals surface area (Å²) in [6.45, 7) is 4.18. The predicted molar refractivity (Wildman–Crippen MR) is 127 cm³/mol. The zero-order valence-corrected chi connectivity index (χ0v) is 19.5. The summed E-state index contributed by atoms with van der Waals surface area (Å²) in [4.78, 5) is 37.9. The number of aliphatic carboxylic acids is 1. The maximum atomic E-state index is 12.7. The van der Waals surface area contributed by atoms with Crippen LogP contribution >= 0.6 is 0 Å². The monoisotopic (exact) mass is 474 g/mol. The minimum Gasteiger partial charge on any atom is -0.480 e. The molecule has 2 heterocycles. The number of carbonyl (C=O) groups is 3. The van der Waals surface area contributed by atoms with Crippen LogP contribution in [0.3, 0.4) is 0 Å². The fourth-order valence-electron chi connectivity index (χ4n) is 5.12. The van der Waals surface area contributed by atoms with Crippen LogP contribution in [0.25, 0.3) is 11.1 Å². The number of likely N-dealkylation sites (tertiary alicyclic amines) is 1. The van der Waals surface area contributed by atoms with E-state index in [1.54, 1.807) is 19.9 Å². The first kappa shape index (κ1) is 22.7. The maximum Gasteiger partial charge on any atom is 0.407 e. The molecule has 1 aliphatic carbocycles. The Bertz CT molecular complexity index is 1260. The molecule has 0 spiro atoms. The minimum absolute atomic E-state index is 0.0380. The summed E-state index contributed by atoms with van der Waals surface area (Å²) in [7, 11) is 0. The Morgan fingerprint density at radius 1 is 1.03 bits per heavy atom. The molecule has 8 nitrogen and oxygen atoms in total. The van der Waals surface area contributed by atoms with Crippen LogP contribution in [0.2, 0.25) is 0 Å². The van der Waals surface area contributed by atoms with E-state index in [-0.39, 0.29) is 24.8 Å². The number of carboxylic acids is 1. The van der Waals surface area contributed by atoms with Crippen molar-refractivity contribution in [3.63, 3.8) is 0 Å². The summed E-state index contributed by atoms with van der Waals surface area (Å²) < 4.78 is 11.1. The first-order chi connectivity index (χ1) is 16.8. The van der Waals surface area contributed by atoms with Crippen LogP contribution in [-0.4, -0.2) is 47.2 Å². The molecule has 0 radical (unpaired) electrons. The van der Waals surface area contributed by atoms with Crippen molar-refractivity contribution in [1.29, 1.82) is 0 Å². The van der Waals surface area contributed by atoms with Gasteiger partial charge in [0.05, 0.1) is 6.54 Å². The summed E-state index contributed by atoms with van der Waals surface area (Å²) in [6.07, 6.45) is -0.591. The number of hydrogen-bond donors (Lipinski definition) is 2. The second-order valence-electron chi connectivity index (χ2n) is 9.61. The highest BCUT2D eigenvalue weighted by Gasteiger charge is 2.53. The Balaban J connectivity index is 1.17. The number of nitrogens with zero attached hydrogens (tertiary/aromatic N) is 1. The average molecular weight is 475 g/mol. The molecule has 2 amide bonds. The summed E-state index contributed by atoms with van der Waals surface area (Å²) in [5, 5.41) is 12.1. The van der Waals surface area contributed by atoms with Gasteiger partial charge in [0.25, 0.3) is 5.91 Å². The summed E-state index contributed by atoms with van der Waals surface area (Å²) in [5.41, 5.74) is 4.07. The van der Waals surface area contributed by atoms with Gasteiger partial charge in [-0.1, -0.05) is 62.4 Å². The molecule has 1 aromatic heterocycles. The fourth-order valence-corrected chi connectivity index (χ4v) is 5.12. The van der Waals surface area contributed by atoms with Crippen LogP contribution in [0.1, 0.15) is 47.2 Å². The van der Waals surface area contributed by atoms with Crippen LogP contribution < -0.4 is 5.32 Å².